The van der Waals surface area contributed by atoms with Crippen LogP contribution in [-0.4, -0.2) is 66.3 Å². The molecule has 0 heterocycles. The minimum atomic E-state index is -1.67. The van der Waals surface area contributed by atoms with E-state index in [0.717, 1.165) is 11.1 Å². The Morgan fingerprint density at radius 2 is 1.58 bits per heavy atom. The number of hydrogen-bond donors (Lipinski definition) is 6. The Labute approximate surface area is 154 Å². The van der Waals surface area contributed by atoms with Crippen LogP contribution in [0.25, 0.3) is 0 Å². The molecule has 148 valence electrons. The van der Waals surface area contributed by atoms with E-state index in [1.165, 1.54) is 0 Å². The van der Waals surface area contributed by atoms with Gasteiger partial charge in [0.05, 0.1) is 30.0 Å². The molecule has 6 heteroatoms. The van der Waals surface area contributed by atoms with Gasteiger partial charge >= 0.3 is 0 Å². The van der Waals surface area contributed by atoms with Gasteiger partial charge in [-0.05, 0) is 39.0 Å². The molecule has 0 aromatic heterocycles. The lowest BCUT2D eigenvalue weighted by Gasteiger charge is -2.56. The molecule has 0 aliphatic heterocycles. The second kappa shape index (κ2) is 5.31. The highest BCUT2D eigenvalue weighted by Crippen LogP contribution is 2.63. The van der Waals surface area contributed by atoms with Crippen LogP contribution in [0.3, 0.4) is 0 Å². The molecule has 4 fully saturated rings. The molecule has 2 bridgehead atoms. The van der Waals surface area contributed by atoms with E-state index in [1.807, 2.05) is 6.92 Å². The molecule has 4 saturated carbocycles. The Kier molecular flexibility index (Phi) is 3.85. The molecule has 5 aliphatic carbocycles. The fourth-order valence-electron chi connectivity index (χ4n) is 7.02. The van der Waals surface area contributed by atoms with Crippen molar-refractivity contribution in [2.75, 3.05) is 0 Å². The summed E-state index contributed by atoms with van der Waals surface area (Å²) in [5.41, 5.74) is -1.96. The maximum atomic E-state index is 11.6. The first-order chi connectivity index (χ1) is 11.9. The van der Waals surface area contributed by atoms with E-state index < -0.39 is 47.0 Å². The predicted octanol–water partition coefficient (Wildman–Crippen LogP) is -0.0557. The minimum Gasteiger partial charge on any atom is -0.392 e. The molecule has 0 amide bonds. The molecule has 0 saturated heterocycles. The van der Waals surface area contributed by atoms with Gasteiger partial charge in [-0.15, -0.1) is 0 Å². The van der Waals surface area contributed by atoms with Gasteiger partial charge < -0.3 is 30.6 Å². The molecule has 10 atom stereocenters. The van der Waals surface area contributed by atoms with Crippen LogP contribution in [-0.2, 0) is 0 Å². The predicted molar refractivity (Wildman–Crippen MR) is 93.9 cm³/mol. The Morgan fingerprint density at radius 1 is 0.962 bits per heavy atom. The topological polar surface area (TPSA) is 121 Å². The zero-order valence-electron chi connectivity index (χ0n) is 15.9. The Bertz CT molecular complexity index is 655. The average Bonchev–Trinajstić information content (AvgIpc) is 2.73. The first-order valence-electron chi connectivity index (χ1n) is 9.75. The lowest BCUT2D eigenvalue weighted by Crippen LogP contribution is -2.66. The summed E-state index contributed by atoms with van der Waals surface area (Å²) in [6, 6.07) is 0. The summed E-state index contributed by atoms with van der Waals surface area (Å²) in [5.74, 6) is -1.59. The van der Waals surface area contributed by atoms with E-state index in [2.05, 4.69) is 0 Å². The number of hydrogen-bond acceptors (Lipinski definition) is 6. The van der Waals surface area contributed by atoms with Gasteiger partial charge in [0.15, 0.2) is 0 Å². The maximum absolute atomic E-state index is 11.6. The van der Waals surface area contributed by atoms with Crippen molar-refractivity contribution < 1.29 is 30.6 Å². The molecule has 0 spiro atoms. The first-order valence-corrected chi connectivity index (χ1v) is 9.75. The summed E-state index contributed by atoms with van der Waals surface area (Å²) in [7, 11) is 0. The van der Waals surface area contributed by atoms with E-state index in [9.17, 15) is 30.6 Å². The first kappa shape index (κ1) is 18.8. The molecule has 0 radical (unpaired) electrons. The lowest BCUT2D eigenvalue weighted by molar-refractivity contribution is -0.234. The monoisotopic (exact) mass is 368 g/mol. The van der Waals surface area contributed by atoms with Crippen molar-refractivity contribution in [3.8, 4) is 0 Å². The molecule has 6 nitrogen and oxygen atoms in total. The second-order valence-corrected chi connectivity index (χ2v) is 9.91. The number of allylic oxidation sites excluding steroid dienone is 1. The summed E-state index contributed by atoms with van der Waals surface area (Å²) >= 11 is 0. The van der Waals surface area contributed by atoms with Crippen LogP contribution in [0.4, 0.5) is 0 Å². The molecule has 6 N–H and O–H groups in total. The average molecular weight is 368 g/mol. The molecule has 5 aliphatic rings. The van der Waals surface area contributed by atoms with Crippen LogP contribution in [0.5, 0.6) is 0 Å². The molecule has 0 aromatic carbocycles. The van der Waals surface area contributed by atoms with Crippen LogP contribution in [0.1, 0.15) is 47.0 Å². The third-order valence-electron chi connectivity index (χ3n) is 8.68. The standard InChI is InChI=1S/C20H32O6/c1-8-9-5-6-11-15(22)14(19(11,4)25)10(9)7-12(21)20(26)13(8)16(23)17(24)18(20,2)3/h10-17,21-26H,5-7H2,1-4H3/t10-,11+,12-,13-,14-,15+,16-,17+,19+,20-/m1/s1. The Morgan fingerprint density at radius 3 is 2.15 bits per heavy atom. The third kappa shape index (κ3) is 1.88. The van der Waals surface area contributed by atoms with E-state index in [1.54, 1.807) is 20.8 Å². The quantitative estimate of drug-likeness (QED) is 0.333. The van der Waals surface area contributed by atoms with Gasteiger partial charge in [0.1, 0.15) is 5.60 Å². The number of aliphatic hydroxyl groups excluding tert-OH is 4. The van der Waals surface area contributed by atoms with E-state index in [0.29, 0.717) is 12.8 Å². The van der Waals surface area contributed by atoms with Crippen molar-refractivity contribution in [2.45, 2.75) is 82.6 Å². The summed E-state index contributed by atoms with van der Waals surface area (Å²) in [6.07, 6.45) is -2.61. The zero-order chi connectivity index (χ0) is 19.4. The molecule has 26 heavy (non-hydrogen) atoms. The van der Waals surface area contributed by atoms with Crippen LogP contribution in [0, 0.1) is 29.1 Å². The fraction of sp³-hybridized carbons (Fsp3) is 0.900. The van der Waals surface area contributed by atoms with E-state index in [-0.39, 0.29) is 24.2 Å². The second-order valence-electron chi connectivity index (χ2n) is 9.91. The SMILES string of the molecule is CC1=C2CC[C@H]3[C@H](O)[C@@H]([C@@H]2C[C@@H](O)[C@@]2(O)[C@H]1[C@@H](O)[C@H](O)C2(C)C)[C@@]3(C)O. The lowest BCUT2D eigenvalue weighted by atomic mass is 9.55. The smallest absolute Gasteiger partial charge is 0.107 e. The summed E-state index contributed by atoms with van der Waals surface area (Å²) in [5, 5.41) is 65.4. The van der Waals surface area contributed by atoms with Gasteiger partial charge in [0.2, 0.25) is 0 Å². The highest BCUT2D eigenvalue weighted by Gasteiger charge is 2.70. The van der Waals surface area contributed by atoms with Crippen molar-refractivity contribution in [1.82, 2.24) is 0 Å². The van der Waals surface area contributed by atoms with Crippen molar-refractivity contribution in [3.05, 3.63) is 11.1 Å². The minimum absolute atomic E-state index is 0.189. The molecule has 5 rings (SSSR count). The number of fused-ring (bicyclic) bond motifs is 2. The van der Waals surface area contributed by atoms with Gasteiger partial charge in [-0.3, -0.25) is 0 Å². The van der Waals surface area contributed by atoms with Gasteiger partial charge in [-0.2, -0.15) is 0 Å². The summed E-state index contributed by atoms with van der Waals surface area (Å²) in [4.78, 5) is 0. The number of aliphatic hydroxyl groups is 6. The number of rotatable bonds is 0. The Hall–Kier alpha value is -0.500. The Balaban J connectivity index is 1.88. The van der Waals surface area contributed by atoms with Crippen LogP contribution in [0.2, 0.25) is 0 Å². The van der Waals surface area contributed by atoms with Crippen LogP contribution < -0.4 is 0 Å². The van der Waals surface area contributed by atoms with Crippen LogP contribution in [0.15, 0.2) is 11.1 Å². The van der Waals surface area contributed by atoms with Crippen molar-refractivity contribution in [3.63, 3.8) is 0 Å². The fourth-order valence-corrected chi connectivity index (χ4v) is 7.02. The maximum Gasteiger partial charge on any atom is 0.107 e. The van der Waals surface area contributed by atoms with Crippen molar-refractivity contribution >= 4 is 0 Å². The molecular weight excluding hydrogens is 336 g/mol. The van der Waals surface area contributed by atoms with Gasteiger partial charge in [-0.1, -0.05) is 25.0 Å². The summed E-state index contributed by atoms with van der Waals surface area (Å²) < 4.78 is 0. The van der Waals surface area contributed by atoms with Gasteiger partial charge in [0, 0.05) is 23.2 Å². The normalized spacial score (nSPS) is 58.4. The summed E-state index contributed by atoms with van der Waals surface area (Å²) in [6.45, 7) is 6.96. The van der Waals surface area contributed by atoms with Crippen LogP contribution >= 0.6 is 0 Å². The van der Waals surface area contributed by atoms with Crippen molar-refractivity contribution in [1.29, 1.82) is 0 Å². The largest absolute Gasteiger partial charge is 0.392 e. The van der Waals surface area contributed by atoms with E-state index in [4.69, 9.17) is 0 Å². The molecule has 0 unspecified atom stereocenters. The molecule has 0 aromatic rings. The third-order valence-corrected chi connectivity index (χ3v) is 8.68. The highest BCUT2D eigenvalue weighted by atomic mass is 16.4. The van der Waals surface area contributed by atoms with Crippen molar-refractivity contribution in [2.24, 2.45) is 29.1 Å². The zero-order valence-corrected chi connectivity index (χ0v) is 15.9. The highest BCUT2D eigenvalue weighted by molar-refractivity contribution is 5.36. The molecular formula is C20H32O6. The van der Waals surface area contributed by atoms with E-state index >= 15 is 0 Å². The van der Waals surface area contributed by atoms with Gasteiger partial charge in [-0.25, -0.2) is 0 Å². The van der Waals surface area contributed by atoms with Gasteiger partial charge in [0.25, 0.3) is 0 Å².